The molecular weight excluding hydrogens is 818 g/mol. The second-order valence-corrected chi connectivity index (χ2v) is 17.9. The summed E-state index contributed by atoms with van der Waals surface area (Å²) in [6, 6.07) is 10.3. The highest BCUT2D eigenvalue weighted by Crippen LogP contribution is 2.41. The number of benzene rings is 2. The minimum absolute atomic E-state index is 0.0138. The number of aromatic nitrogens is 7. The molecule has 19 heteroatoms. The number of nitrogens with zero attached hydrogens (tertiary/aromatic N) is 11. The smallest absolute Gasteiger partial charge is 0.410 e. The van der Waals surface area contributed by atoms with Crippen LogP contribution in [0.1, 0.15) is 39.4 Å². The van der Waals surface area contributed by atoms with Crippen molar-refractivity contribution < 1.29 is 32.2 Å². The van der Waals surface area contributed by atoms with Gasteiger partial charge < -0.3 is 39.0 Å². The minimum atomic E-state index is -0.830. The lowest BCUT2D eigenvalue weighted by Gasteiger charge is -2.56. The van der Waals surface area contributed by atoms with Crippen LogP contribution in [0.5, 0.6) is 0 Å². The Morgan fingerprint density at radius 3 is 2.44 bits per heavy atom. The number of imidazole rings is 1. The number of piperazine rings is 1. The largest absolute Gasteiger partial charge is 0.444 e. The van der Waals surface area contributed by atoms with Gasteiger partial charge in [-0.3, -0.25) is 4.79 Å². The van der Waals surface area contributed by atoms with Crippen LogP contribution in [0, 0.1) is 24.4 Å². The lowest BCUT2D eigenvalue weighted by atomic mass is 9.88. The van der Waals surface area contributed by atoms with E-state index in [-0.39, 0.29) is 41.9 Å². The number of likely N-dealkylation sites (N-methyl/N-ethyl adjacent to an activating group) is 1. The van der Waals surface area contributed by atoms with Crippen molar-refractivity contribution >= 4 is 51.7 Å². The van der Waals surface area contributed by atoms with Gasteiger partial charge in [0.25, 0.3) is 0 Å². The Bertz CT molecular complexity index is 2800. The molecule has 4 aliphatic rings. The van der Waals surface area contributed by atoms with Gasteiger partial charge in [-0.2, -0.15) is 15.1 Å². The van der Waals surface area contributed by atoms with Crippen molar-refractivity contribution in [3.05, 3.63) is 78.0 Å². The van der Waals surface area contributed by atoms with E-state index in [2.05, 4.69) is 15.3 Å². The van der Waals surface area contributed by atoms with Crippen LogP contribution >= 0.6 is 0 Å². The summed E-state index contributed by atoms with van der Waals surface area (Å²) >= 11 is 0. The van der Waals surface area contributed by atoms with Crippen molar-refractivity contribution in [2.75, 3.05) is 55.5 Å². The SMILES string of the molecule is CO[C@H]1CN(C)C(=O)[C@@H]2C[C@@H](CN2c2nc(N3C4CC3CN(C(=O)OC(C)(C)C)C4)nc3c2cnn3-c2ccc(F)cc2F)Nc2cccc(n2)-c2cc(F)cc3nc(C)n(c23)C1. The van der Waals surface area contributed by atoms with Crippen LogP contribution in [-0.4, -0.2) is 132 Å². The third-order valence-corrected chi connectivity index (χ3v) is 12.4. The number of pyridine rings is 1. The first-order valence-corrected chi connectivity index (χ1v) is 21.0. The number of piperidine rings is 1. The fraction of sp³-hybridized carbons (Fsp3) is 0.432. The third-order valence-electron chi connectivity index (χ3n) is 12.4. The molecule has 0 saturated carbocycles. The van der Waals surface area contributed by atoms with Crippen molar-refractivity contribution in [3.8, 4) is 16.9 Å². The number of ether oxygens (including phenoxy) is 2. The first-order valence-electron chi connectivity index (χ1n) is 21.0. The standard InChI is InChI=1S/C44H47F3N12O4/c1-23-49-34-14-25(46)12-30-33-8-7-9-37(51-33)50-26-15-36(41(60)54(5)21-29(62-6)22-56(23)38(30)34)57(18-26)39-31-17-48-59(35-11-10-24(45)13-32(35)47)40(31)53-42(52-39)58-27-16-28(58)20-55(19-27)43(61)63-44(2,3)4/h7-14,17,26-29,36H,15-16,18-22H2,1-6H3,(H,50,51)/t26-,27?,28?,29-,36-/m0/s1. The second kappa shape index (κ2) is 15.1. The summed E-state index contributed by atoms with van der Waals surface area (Å²) in [6.45, 7) is 8.93. The quantitative estimate of drug-likeness (QED) is 0.232. The highest BCUT2D eigenvalue weighted by atomic mass is 19.1. The lowest BCUT2D eigenvalue weighted by molar-refractivity contribution is -0.132. The van der Waals surface area contributed by atoms with Gasteiger partial charge in [-0.25, -0.2) is 32.6 Å². The van der Waals surface area contributed by atoms with Gasteiger partial charge in [0.2, 0.25) is 11.9 Å². The number of hydrogen-bond acceptors (Lipinski definition) is 12. The predicted molar refractivity (Wildman–Crippen MR) is 228 cm³/mol. The van der Waals surface area contributed by atoms with Crippen molar-refractivity contribution in [2.45, 2.75) is 83.0 Å². The molecule has 10 rings (SSSR count). The fourth-order valence-corrected chi connectivity index (χ4v) is 9.57. The molecule has 0 aliphatic carbocycles. The van der Waals surface area contributed by atoms with E-state index < -0.39 is 41.3 Å². The second-order valence-electron chi connectivity index (χ2n) is 17.9. The molecule has 2 unspecified atom stereocenters. The van der Waals surface area contributed by atoms with Gasteiger partial charge in [-0.15, -0.1) is 0 Å². The molecule has 3 fully saturated rings. The zero-order valence-electron chi connectivity index (χ0n) is 35.7. The van der Waals surface area contributed by atoms with E-state index in [4.69, 9.17) is 29.4 Å². The topological polar surface area (TPSA) is 152 Å². The molecule has 1 N–H and O–H groups in total. The maximum Gasteiger partial charge on any atom is 0.410 e. The number of rotatable bonds is 4. The van der Waals surface area contributed by atoms with Crippen LogP contribution in [0.2, 0.25) is 0 Å². The molecule has 2 amide bonds. The van der Waals surface area contributed by atoms with E-state index in [1.807, 2.05) is 55.4 Å². The summed E-state index contributed by atoms with van der Waals surface area (Å²) in [5.74, 6) is -0.279. The van der Waals surface area contributed by atoms with Crippen molar-refractivity contribution in [3.63, 3.8) is 0 Å². The number of nitrogens with one attached hydrogen (secondary N) is 1. The van der Waals surface area contributed by atoms with Crippen LogP contribution < -0.4 is 15.1 Å². The summed E-state index contributed by atoms with van der Waals surface area (Å²) in [5.41, 5.74) is 1.91. The highest BCUT2D eigenvalue weighted by Gasteiger charge is 2.49. The van der Waals surface area contributed by atoms with Crippen LogP contribution in [0.4, 0.5) is 35.5 Å². The lowest BCUT2D eigenvalue weighted by Crippen LogP contribution is -2.70. The number of halogens is 3. The molecule has 328 valence electrons. The number of aryl methyl sites for hydroxylation is 1. The molecular formula is C44H47F3N12O4. The number of carbonyl (C=O) groups is 2. The molecule has 8 heterocycles. The number of amides is 2. The minimum Gasteiger partial charge on any atom is -0.444 e. The molecule has 4 aromatic heterocycles. The molecule has 16 nitrogen and oxygen atoms in total. The van der Waals surface area contributed by atoms with E-state index >= 15 is 8.78 Å². The van der Waals surface area contributed by atoms with Gasteiger partial charge in [-0.1, -0.05) is 6.07 Å². The number of hydrogen-bond donors (Lipinski definition) is 1. The predicted octanol–water partition coefficient (Wildman–Crippen LogP) is 5.70. The highest BCUT2D eigenvalue weighted by molar-refractivity contribution is 5.94. The Morgan fingerprint density at radius 2 is 1.70 bits per heavy atom. The molecule has 0 radical (unpaired) electrons. The molecule has 6 aromatic rings. The van der Waals surface area contributed by atoms with E-state index in [0.29, 0.717) is 83.7 Å². The van der Waals surface area contributed by atoms with Crippen LogP contribution in [0.3, 0.4) is 0 Å². The molecule has 0 spiro atoms. The van der Waals surface area contributed by atoms with Crippen LogP contribution in [0.15, 0.2) is 54.7 Å². The third kappa shape index (κ3) is 7.20. The monoisotopic (exact) mass is 864 g/mol. The van der Waals surface area contributed by atoms with Gasteiger partial charge in [0.15, 0.2) is 11.5 Å². The number of likely N-dealkylation sites (tertiary alicyclic amines) is 1. The summed E-state index contributed by atoms with van der Waals surface area (Å²) in [5, 5.41) is 8.57. The number of carbonyl (C=O) groups excluding carboxylic acids is 2. The van der Waals surface area contributed by atoms with E-state index in [0.717, 1.165) is 18.6 Å². The molecule has 63 heavy (non-hydrogen) atoms. The zero-order chi connectivity index (χ0) is 44.1. The summed E-state index contributed by atoms with van der Waals surface area (Å²) in [7, 11) is 3.33. The van der Waals surface area contributed by atoms with Crippen molar-refractivity contribution in [1.82, 2.24) is 44.1 Å². The van der Waals surface area contributed by atoms with E-state index in [1.165, 1.54) is 29.1 Å². The van der Waals surface area contributed by atoms with Gasteiger partial charge in [0, 0.05) is 64.1 Å². The fourth-order valence-electron chi connectivity index (χ4n) is 9.57. The van der Waals surface area contributed by atoms with Gasteiger partial charge in [0.1, 0.15) is 46.4 Å². The first kappa shape index (κ1) is 40.6. The Morgan fingerprint density at radius 1 is 0.905 bits per heavy atom. The van der Waals surface area contributed by atoms with Crippen LogP contribution in [-0.2, 0) is 20.8 Å². The number of methoxy groups -OCH3 is 1. The van der Waals surface area contributed by atoms with Gasteiger partial charge >= 0.3 is 6.09 Å². The summed E-state index contributed by atoms with van der Waals surface area (Å²) < 4.78 is 59.8. The van der Waals surface area contributed by atoms with Gasteiger partial charge in [0.05, 0.1) is 53.0 Å². The van der Waals surface area contributed by atoms with Crippen LogP contribution in [0.25, 0.3) is 39.0 Å². The Labute approximate surface area is 360 Å². The molecule has 3 saturated heterocycles. The van der Waals surface area contributed by atoms with Gasteiger partial charge in [-0.05, 0) is 70.9 Å². The first-order chi connectivity index (χ1) is 30.1. The maximum absolute atomic E-state index is 15.5. The average Bonchev–Trinajstić information content (AvgIpc) is 3.93. The summed E-state index contributed by atoms with van der Waals surface area (Å²) in [4.78, 5) is 55.2. The molecule has 4 aliphatic heterocycles. The molecule has 2 aromatic carbocycles. The maximum atomic E-state index is 15.5. The average molecular weight is 865 g/mol. The Hall–Kier alpha value is -6.50. The Balaban J connectivity index is 1.07. The normalized spacial score (nSPS) is 22.6. The van der Waals surface area contributed by atoms with E-state index in [1.54, 1.807) is 24.0 Å². The number of anilines is 3. The zero-order valence-corrected chi connectivity index (χ0v) is 35.7. The van der Waals surface area contributed by atoms with Crippen molar-refractivity contribution in [1.29, 1.82) is 0 Å². The van der Waals surface area contributed by atoms with Crippen molar-refractivity contribution in [2.24, 2.45) is 0 Å². The molecule has 6 bridgehead atoms. The molecule has 5 atom stereocenters. The Kier molecular flexibility index (Phi) is 9.72. The van der Waals surface area contributed by atoms with E-state index in [9.17, 15) is 14.0 Å². The summed E-state index contributed by atoms with van der Waals surface area (Å²) in [6.07, 6.45) is 1.80. The number of fused-ring (bicyclic) bond motifs is 8.